The first kappa shape index (κ1) is 19.4. The molecule has 1 saturated carbocycles. The Labute approximate surface area is 172 Å². The van der Waals surface area contributed by atoms with Gasteiger partial charge in [-0.25, -0.2) is 0 Å². The summed E-state index contributed by atoms with van der Waals surface area (Å²) >= 11 is 0. The molecule has 1 aromatic carbocycles. The van der Waals surface area contributed by atoms with Gasteiger partial charge in [0.05, 0.1) is 11.9 Å². The van der Waals surface area contributed by atoms with E-state index >= 15 is 0 Å². The molecule has 3 aromatic rings. The van der Waals surface area contributed by atoms with Gasteiger partial charge >= 0.3 is 0 Å². The molecular formula is C24H28N4O. The van der Waals surface area contributed by atoms with E-state index in [1.54, 1.807) is 19.0 Å². The molecule has 4 rings (SSSR count). The maximum atomic E-state index is 12.4. The molecule has 0 saturated heterocycles. The first-order chi connectivity index (χ1) is 14.0. The molecule has 29 heavy (non-hydrogen) atoms. The molecule has 0 atom stereocenters. The van der Waals surface area contributed by atoms with Crippen molar-refractivity contribution in [3.63, 3.8) is 0 Å². The highest BCUT2D eigenvalue weighted by Gasteiger charge is 2.18. The molecule has 0 radical (unpaired) electrons. The van der Waals surface area contributed by atoms with Crippen LogP contribution in [-0.4, -0.2) is 39.7 Å². The number of aromatic nitrogens is 3. The van der Waals surface area contributed by atoms with Crippen molar-refractivity contribution < 1.29 is 4.79 Å². The van der Waals surface area contributed by atoms with Gasteiger partial charge in [0.25, 0.3) is 5.91 Å². The minimum Gasteiger partial charge on any atom is -0.345 e. The van der Waals surface area contributed by atoms with E-state index in [0.717, 1.165) is 40.5 Å². The van der Waals surface area contributed by atoms with Crippen LogP contribution in [0, 0.1) is 12.8 Å². The quantitative estimate of drug-likeness (QED) is 0.630. The second-order valence-electron chi connectivity index (χ2n) is 8.23. The van der Waals surface area contributed by atoms with Crippen LogP contribution in [0.25, 0.3) is 22.4 Å². The Kier molecular flexibility index (Phi) is 5.47. The van der Waals surface area contributed by atoms with Crippen molar-refractivity contribution in [2.24, 2.45) is 5.92 Å². The number of aryl methyl sites for hydroxylation is 1. The van der Waals surface area contributed by atoms with Crippen molar-refractivity contribution >= 4 is 5.91 Å². The molecule has 2 aromatic heterocycles. The maximum Gasteiger partial charge on any atom is 0.253 e. The van der Waals surface area contributed by atoms with E-state index in [4.69, 9.17) is 4.98 Å². The summed E-state index contributed by atoms with van der Waals surface area (Å²) in [5.41, 5.74) is 5.56. The Morgan fingerprint density at radius 3 is 2.69 bits per heavy atom. The highest BCUT2D eigenvalue weighted by atomic mass is 16.2. The van der Waals surface area contributed by atoms with Crippen molar-refractivity contribution in [3.05, 3.63) is 60.0 Å². The van der Waals surface area contributed by atoms with Gasteiger partial charge in [0.15, 0.2) is 0 Å². The number of carbonyl (C=O) groups excluding carboxylic acids is 1. The van der Waals surface area contributed by atoms with Crippen molar-refractivity contribution in [2.45, 2.75) is 39.2 Å². The first-order valence-corrected chi connectivity index (χ1v) is 10.3. The molecule has 1 amide bonds. The molecule has 1 aliphatic rings. The summed E-state index contributed by atoms with van der Waals surface area (Å²) in [6.45, 7) is 2.98. The third-order valence-electron chi connectivity index (χ3n) is 5.69. The van der Waals surface area contributed by atoms with E-state index in [1.165, 1.54) is 25.7 Å². The molecule has 0 N–H and O–H groups in total. The van der Waals surface area contributed by atoms with Gasteiger partial charge in [-0.15, -0.1) is 0 Å². The lowest BCUT2D eigenvalue weighted by Gasteiger charge is -2.13. The average Bonchev–Trinajstić information content (AvgIpc) is 3.40. The van der Waals surface area contributed by atoms with Gasteiger partial charge in [0.2, 0.25) is 0 Å². The van der Waals surface area contributed by atoms with E-state index in [9.17, 15) is 4.79 Å². The lowest BCUT2D eigenvalue weighted by molar-refractivity contribution is 0.0827. The highest BCUT2D eigenvalue weighted by Crippen LogP contribution is 2.32. The largest absolute Gasteiger partial charge is 0.345 e. The fourth-order valence-electron chi connectivity index (χ4n) is 4.13. The zero-order valence-electron chi connectivity index (χ0n) is 17.4. The first-order valence-electron chi connectivity index (χ1n) is 10.3. The van der Waals surface area contributed by atoms with Gasteiger partial charge in [-0.3, -0.25) is 14.5 Å². The van der Waals surface area contributed by atoms with E-state index in [0.29, 0.717) is 5.56 Å². The number of pyridine rings is 1. The molecular weight excluding hydrogens is 360 g/mol. The van der Waals surface area contributed by atoms with E-state index in [-0.39, 0.29) is 5.91 Å². The number of rotatable bonds is 5. The minimum atomic E-state index is -0.00886. The van der Waals surface area contributed by atoms with Crippen LogP contribution in [-0.2, 0) is 6.54 Å². The number of nitrogens with zero attached hydrogens (tertiary/aromatic N) is 4. The third kappa shape index (κ3) is 4.24. The lowest BCUT2D eigenvalue weighted by atomic mass is 9.99. The summed E-state index contributed by atoms with van der Waals surface area (Å²) in [5, 5.41) is 4.61. The summed E-state index contributed by atoms with van der Waals surface area (Å²) in [5.74, 6) is 0.734. The van der Waals surface area contributed by atoms with Crippen molar-refractivity contribution in [1.82, 2.24) is 19.7 Å². The number of hydrogen-bond donors (Lipinski definition) is 0. The van der Waals surface area contributed by atoms with Crippen LogP contribution in [0.15, 0.2) is 48.8 Å². The SMILES string of the molecule is Cc1ccc(-c2cnn(CC3CCCC3)c2)c(-c2cccc(C(=O)N(C)C)c2)n1. The van der Waals surface area contributed by atoms with Crippen LogP contribution >= 0.6 is 0 Å². The lowest BCUT2D eigenvalue weighted by Crippen LogP contribution is -2.21. The number of carbonyl (C=O) groups is 1. The fourth-order valence-corrected chi connectivity index (χ4v) is 4.13. The molecule has 1 fully saturated rings. The van der Waals surface area contributed by atoms with Gasteiger partial charge in [0, 0.05) is 54.8 Å². The second kappa shape index (κ2) is 8.19. The van der Waals surface area contributed by atoms with Crippen LogP contribution in [0.4, 0.5) is 0 Å². The van der Waals surface area contributed by atoms with E-state index in [1.807, 2.05) is 43.5 Å². The molecule has 1 aliphatic carbocycles. The van der Waals surface area contributed by atoms with Crippen LogP contribution in [0.3, 0.4) is 0 Å². The standard InChI is InChI=1S/C24H28N4O/c1-17-11-12-22(21-14-25-28(16-21)15-18-7-4-5-8-18)23(26-17)19-9-6-10-20(13-19)24(29)27(2)3/h6,9-14,16,18H,4-5,7-8,15H2,1-3H3. The van der Waals surface area contributed by atoms with Gasteiger partial charge in [0.1, 0.15) is 0 Å². The van der Waals surface area contributed by atoms with E-state index < -0.39 is 0 Å². The Balaban J connectivity index is 1.69. The van der Waals surface area contributed by atoms with Gasteiger partial charge < -0.3 is 4.90 Å². The Bertz CT molecular complexity index is 1020. The second-order valence-corrected chi connectivity index (χ2v) is 8.23. The van der Waals surface area contributed by atoms with Crippen LogP contribution < -0.4 is 0 Å². The number of amides is 1. The van der Waals surface area contributed by atoms with Crippen molar-refractivity contribution in [2.75, 3.05) is 14.1 Å². The number of hydrogen-bond acceptors (Lipinski definition) is 3. The smallest absolute Gasteiger partial charge is 0.253 e. The predicted molar refractivity (Wildman–Crippen MR) is 116 cm³/mol. The van der Waals surface area contributed by atoms with Gasteiger partial charge in [-0.2, -0.15) is 5.10 Å². The topological polar surface area (TPSA) is 51.0 Å². The Morgan fingerprint density at radius 2 is 1.93 bits per heavy atom. The summed E-state index contributed by atoms with van der Waals surface area (Å²) in [6.07, 6.45) is 9.35. The predicted octanol–water partition coefficient (Wildman–Crippen LogP) is 4.81. The normalized spacial score (nSPS) is 14.3. The zero-order valence-corrected chi connectivity index (χ0v) is 17.4. The summed E-state index contributed by atoms with van der Waals surface area (Å²) < 4.78 is 2.07. The molecule has 0 spiro atoms. The Morgan fingerprint density at radius 1 is 1.14 bits per heavy atom. The van der Waals surface area contributed by atoms with Crippen LogP contribution in [0.1, 0.15) is 41.7 Å². The van der Waals surface area contributed by atoms with Gasteiger partial charge in [-0.1, -0.05) is 31.0 Å². The van der Waals surface area contributed by atoms with Crippen molar-refractivity contribution in [1.29, 1.82) is 0 Å². The molecule has 2 heterocycles. The summed E-state index contributed by atoms with van der Waals surface area (Å²) in [6, 6.07) is 11.8. The maximum absolute atomic E-state index is 12.4. The molecule has 0 aliphatic heterocycles. The number of benzene rings is 1. The molecule has 5 heteroatoms. The molecule has 0 unspecified atom stereocenters. The molecule has 0 bridgehead atoms. The average molecular weight is 389 g/mol. The van der Waals surface area contributed by atoms with Crippen LogP contribution in [0.5, 0.6) is 0 Å². The Hall–Kier alpha value is -2.95. The summed E-state index contributed by atoms with van der Waals surface area (Å²) in [4.78, 5) is 18.8. The zero-order chi connectivity index (χ0) is 20.4. The monoisotopic (exact) mass is 388 g/mol. The van der Waals surface area contributed by atoms with Crippen LogP contribution in [0.2, 0.25) is 0 Å². The van der Waals surface area contributed by atoms with E-state index in [2.05, 4.69) is 22.0 Å². The third-order valence-corrected chi connectivity index (χ3v) is 5.69. The minimum absolute atomic E-state index is 0.00886. The molecule has 150 valence electrons. The highest BCUT2D eigenvalue weighted by molar-refractivity contribution is 5.95. The molecule has 5 nitrogen and oxygen atoms in total. The summed E-state index contributed by atoms with van der Waals surface area (Å²) in [7, 11) is 3.54. The van der Waals surface area contributed by atoms with Gasteiger partial charge in [-0.05, 0) is 43.9 Å². The fraction of sp³-hybridized carbons (Fsp3) is 0.375. The van der Waals surface area contributed by atoms with Crippen molar-refractivity contribution in [3.8, 4) is 22.4 Å².